The minimum atomic E-state index is -3.73. The van der Waals surface area contributed by atoms with Crippen molar-refractivity contribution in [1.82, 2.24) is 9.97 Å². The number of hydrogen-bond donors (Lipinski definition) is 1. The van der Waals surface area contributed by atoms with Gasteiger partial charge in [-0.15, -0.1) is 0 Å². The molecule has 0 unspecified atom stereocenters. The van der Waals surface area contributed by atoms with Crippen LogP contribution in [0, 0.1) is 5.82 Å². The molecular weight excluding hydrogens is 399 g/mol. The van der Waals surface area contributed by atoms with E-state index in [1.165, 1.54) is 18.2 Å². The van der Waals surface area contributed by atoms with E-state index in [0.29, 0.717) is 0 Å². The van der Waals surface area contributed by atoms with Crippen molar-refractivity contribution in [3.05, 3.63) is 41.3 Å². The predicted octanol–water partition coefficient (Wildman–Crippen LogP) is 3.44. The normalized spacial score (nSPS) is 11.8. The van der Waals surface area contributed by atoms with Crippen molar-refractivity contribution in [2.24, 2.45) is 0 Å². The fraction of sp³-hybridized carbons (Fsp3) is 0.312. The van der Waals surface area contributed by atoms with Crippen molar-refractivity contribution in [2.45, 2.75) is 31.5 Å². The van der Waals surface area contributed by atoms with E-state index < -0.39 is 32.5 Å². The first-order valence-electron chi connectivity index (χ1n) is 7.65. The first-order chi connectivity index (χ1) is 12.3. The Balaban J connectivity index is 2.44. The molecule has 0 aliphatic rings. The quantitative estimate of drug-likeness (QED) is 0.462. The van der Waals surface area contributed by atoms with Gasteiger partial charge in [0.2, 0.25) is 15.0 Å². The van der Waals surface area contributed by atoms with Gasteiger partial charge in [-0.1, -0.05) is 11.6 Å². The molecule has 27 heavy (non-hydrogen) atoms. The number of aromatic nitrogens is 2. The second kappa shape index (κ2) is 7.65. The van der Waals surface area contributed by atoms with Crippen molar-refractivity contribution >= 4 is 39.0 Å². The topological polar surface area (TPSA) is 101 Å². The Morgan fingerprint density at radius 1 is 1.22 bits per heavy atom. The van der Waals surface area contributed by atoms with Gasteiger partial charge in [0, 0.05) is 12.3 Å². The van der Waals surface area contributed by atoms with Gasteiger partial charge < -0.3 is 4.74 Å². The van der Waals surface area contributed by atoms with Gasteiger partial charge in [-0.05, 0) is 45.0 Å². The molecule has 2 aromatic rings. The highest BCUT2D eigenvalue weighted by atomic mass is 35.5. The lowest BCUT2D eigenvalue weighted by atomic mass is 10.2. The minimum absolute atomic E-state index is 0.0643. The standard InChI is InChI=1S/C16H18ClFN4O4S/c1-16(2,3)26-15(23)22(11-7-5-10(18)6-8-11)21-13-9-12(17)19-14(20-13)27(4,24)25/h5-9H,1-4H3,(H,19,20,21). The zero-order chi connectivity index (χ0) is 20.4. The Morgan fingerprint density at radius 3 is 2.33 bits per heavy atom. The highest BCUT2D eigenvalue weighted by Crippen LogP contribution is 2.22. The zero-order valence-corrected chi connectivity index (χ0v) is 16.6. The number of hydrogen-bond acceptors (Lipinski definition) is 7. The number of halogens is 2. The van der Waals surface area contributed by atoms with E-state index in [1.807, 2.05) is 0 Å². The summed E-state index contributed by atoms with van der Waals surface area (Å²) in [4.78, 5) is 20.1. The number of ether oxygens (including phenoxy) is 1. The molecule has 11 heteroatoms. The molecule has 1 amide bonds. The van der Waals surface area contributed by atoms with Gasteiger partial charge in [0.05, 0.1) is 5.69 Å². The molecule has 0 aliphatic carbocycles. The van der Waals surface area contributed by atoms with E-state index in [-0.39, 0.29) is 16.7 Å². The van der Waals surface area contributed by atoms with E-state index >= 15 is 0 Å². The van der Waals surface area contributed by atoms with Crippen molar-refractivity contribution in [2.75, 3.05) is 16.7 Å². The van der Waals surface area contributed by atoms with Gasteiger partial charge in [-0.25, -0.2) is 22.6 Å². The number of anilines is 2. The number of nitrogens with zero attached hydrogens (tertiary/aromatic N) is 3. The third-order valence-electron chi connectivity index (χ3n) is 2.89. The van der Waals surface area contributed by atoms with Crippen molar-refractivity contribution in [3.8, 4) is 0 Å². The number of carbonyl (C=O) groups is 1. The Hall–Kier alpha value is -2.46. The number of nitrogens with one attached hydrogen (secondary N) is 1. The predicted molar refractivity (Wildman–Crippen MR) is 98.9 cm³/mol. The van der Waals surface area contributed by atoms with E-state index in [0.717, 1.165) is 23.4 Å². The maximum Gasteiger partial charge on any atom is 0.434 e. The monoisotopic (exact) mass is 416 g/mol. The number of carbonyl (C=O) groups excluding carboxylic acids is 1. The van der Waals surface area contributed by atoms with Crippen LogP contribution in [-0.4, -0.2) is 36.3 Å². The lowest BCUT2D eigenvalue weighted by Crippen LogP contribution is -2.41. The molecule has 1 aromatic heterocycles. The van der Waals surface area contributed by atoms with Gasteiger partial charge in [-0.3, -0.25) is 5.43 Å². The molecule has 0 fully saturated rings. The molecule has 1 heterocycles. The Bertz CT molecular complexity index is 946. The van der Waals surface area contributed by atoms with Crippen LogP contribution in [0.2, 0.25) is 5.15 Å². The van der Waals surface area contributed by atoms with Crippen LogP contribution in [0.15, 0.2) is 35.5 Å². The van der Waals surface area contributed by atoms with E-state index in [4.69, 9.17) is 16.3 Å². The van der Waals surface area contributed by atoms with Crippen LogP contribution in [0.5, 0.6) is 0 Å². The molecule has 0 atom stereocenters. The molecule has 8 nitrogen and oxygen atoms in total. The van der Waals surface area contributed by atoms with E-state index in [1.54, 1.807) is 20.8 Å². The van der Waals surface area contributed by atoms with Gasteiger partial charge in [0.1, 0.15) is 16.6 Å². The second-order valence-electron chi connectivity index (χ2n) is 6.53. The summed E-state index contributed by atoms with van der Waals surface area (Å²) in [7, 11) is -3.73. The maximum atomic E-state index is 13.2. The molecule has 2 rings (SSSR count). The summed E-state index contributed by atoms with van der Waals surface area (Å²) in [6.07, 6.45) is 0.110. The van der Waals surface area contributed by atoms with Crippen molar-refractivity contribution in [1.29, 1.82) is 0 Å². The van der Waals surface area contributed by atoms with Crippen molar-refractivity contribution in [3.63, 3.8) is 0 Å². The van der Waals surface area contributed by atoms with Crippen LogP contribution in [0.3, 0.4) is 0 Å². The SMILES string of the molecule is CC(C)(C)OC(=O)N(Nc1cc(Cl)nc(S(C)(=O)=O)n1)c1ccc(F)cc1. The Kier molecular flexibility index (Phi) is 5.91. The maximum absolute atomic E-state index is 13.2. The highest BCUT2D eigenvalue weighted by molar-refractivity contribution is 7.90. The first kappa shape index (κ1) is 20.8. The summed E-state index contributed by atoms with van der Waals surface area (Å²) < 4.78 is 41.9. The average Bonchev–Trinajstić information content (AvgIpc) is 2.50. The fourth-order valence-electron chi connectivity index (χ4n) is 1.85. The summed E-state index contributed by atoms with van der Waals surface area (Å²) in [5.74, 6) is -0.557. The number of sulfone groups is 1. The molecule has 0 radical (unpaired) electrons. The summed E-state index contributed by atoms with van der Waals surface area (Å²) in [5.41, 5.74) is 2.06. The molecule has 0 bridgehead atoms. The van der Waals surface area contributed by atoms with Crippen LogP contribution in [0.4, 0.5) is 20.7 Å². The number of benzene rings is 1. The molecule has 146 valence electrons. The highest BCUT2D eigenvalue weighted by Gasteiger charge is 2.25. The van der Waals surface area contributed by atoms with E-state index in [2.05, 4.69) is 15.4 Å². The smallest absolute Gasteiger partial charge is 0.434 e. The van der Waals surface area contributed by atoms with Crippen LogP contribution >= 0.6 is 11.6 Å². The fourth-order valence-corrected chi connectivity index (χ4v) is 2.61. The molecule has 1 N–H and O–H groups in total. The summed E-state index contributed by atoms with van der Waals surface area (Å²) >= 11 is 5.85. The molecule has 1 aromatic carbocycles. The van der Waals surface area contributed by atoms with Crippen molar-refractivity contribution < 1.29 is 22.3 Å². The van der Waals surface area contributed by atoms with Crippen LogP contribution in [0.25, 0.3) is 0 Å². The Labute approximate surface area is 161 Å². The van der Waals surface area contributed by atoms with Crippen LogP contribution in [0.1, 0.15) is 20.8 Å². The molecular formula is C16H18ClFN4O4S. The second-order valence-corrected chi connectivity index (χ2v) is 8.83. The molecule has 0 spiro atoms. The zero-order valence-electron chi connectivity index (χ0n) is 15.0. The third-order valence-corrected chi connectivity index (χ3v) is 3.93. The van der Waals surface area contributed by atoms with Crippen LogP contribution < -0.4 is 10.4 Å². The minimum Gasteiger partial charge on any atom is -0.442 e. The summed E-state index contributed by atoms with van der Waals surface area (Å²) in [6, 6.07) is 6.22. The van der Waals surface area contributed by atoms with Gasteiger partial charge in [0.15, 0.2) is 5.82 Å². The lowest BCUT2D eigenvalue weighted by molar-refractivity contribution is 0.0589. The summed E-state index contributed by atoms with van der Waals surface area (Å²) in [5, 5.41) is 0.298. The Morgan fingerprint density at radius 2 is 1.81 bits per heavy atom. The number of amides is 1. The van der Waals surface area contributed by atoms with Crippen LogP contribution in [-0.2, 0) is 14.6 Å². The first-order valence-corrected chi connectivity index (χ1v) is 9.92. The van der Waals surface area contributed by atoms with E-state index in [9.17, 15) is 17.6 Å². The number of rotatable bonds is 4. The molecule has 0 saturated carbocycles. The number of hydrazine groups is 1. The third kappa shape index (κ3) is 6.04. The summed E-state index contributed by atoms with van der Waals surface area (Å²) in [6.45, 7) is 5.03. The lowest BCUT2D eigenvalue weighted by Gasteiger charge is -2.28. The van der Waals surface area contributed by atoms with Gasteiger partial charge in [-0.2, -0.15) is 9.99 Å². The van der Waals surface area contributed by atoms with Gasteiger partial charge >= 0.3 is 6.09 Å². The largest absolute Gasteiger partial charge is 0.442 e. The van der Waals surface area contributed by atoms with Gasteiger partial charge in [0.25, 0.3) is 0 Å². The molecule has 0 saturated heterocycles. The molecule has 0 aliphatic heterocycles. The average molecular weight is 417 g/mol.